The van der Waals surface area contributed by atoms with Gasteiger partial charge in [-0.3, -0.25) is 9.59 Å². The molecule has 0 spiro atoms. The van der Waals surface area contributed by atoms with Gasteiger partial charge in [0.25, 0.3) is 0 Å². The lowest BCUT2D eigenvalue weighted by Crippen LogP contribution is -2.32. The zero-order valence-corrected chi connectivity index (χ0v) is 18.7. The minimum absolute atomic E-state index is 0.0151. The summed E-state index contributed by atoms with van der Waals surface area (Å²) >= 11 is 0. The van der Waals surface area contributed by atoms with Crippen LogP contribution in [0.5, 0.6) is 5.75 Å². The maximum Gasteiger partial charge on any atom is 0.227 e. The van der Waals surface area contributed by atoms with Crippen molar-refractivity contribution in [3.8, 4) is 5.75 Å². The second-order valence-electron chi connectivity index (χ2n) is 9.00. The van der Waals surface area contributed by atoms with E-state index in [9.17, 15) is 9.59 Å². The average Bonchev–Trinajstić information content (AvgIpc) is 2.98. The Morgan fingerprint density at radius 2 is 1.84 bits per heavy atom. The molecule has 4 heteroatoms. The highest BCUT2D eigenvalue weighted by Gasteiger charge is 2.35. The van der Waals surface area contributed by atoms with Gasteiger partial charge in [-0.1, -0.05) is 37.3 Å². The molecule has 1 saturated carbocycles. The number of hydrogen-bond donors (Lipinski definition) is 1. The molecule has 1 atom stereocenters. The van der Waals surface area contributed by atoms with Gasteiger partial charge < -0.3 is 10.1 Å². The number of amides is 1. The van der Waals surface area contributed by atoms with Crippen molar-refractivity contribution in [1.29, 1.82) is 0 Å². The molecule has 0 saturated heterocycles. The van der Waals surface area contributed by atoms with E-state index >= 15 is 0 Å². The highest BCUT2D eigenvalue weighted by molar-refractivity contribution is 5.99. The summed E-state index contributed by atoms with van der Waals surface area (Å²) in [5.74, 6) is 1.74. The number of carbonyl (C=O) groups excluding carboxylic acids is 2. The first-order chi connectivity index (χ1) is 15.1. The highest BCUT2D eigenvalue weighted by atomic mass is 16.5. The predicted molar refractivity (Wildman–Crippen MR) is 124 cm³/mol. The zero-order chi connectivity index (χ0) is 21.8. The lowest BCUT2D eigenvalue weighted by molar-refractivity contribution is -0.121. The fourth-order valence-corrected chi connectivity index (χ4v) is 5.41. The Balaban J connectivity index is 1.36. The Morgan fingerprint density at radius 3 is 2.58 bits per heavy atom. The minimum atomic E-state index is 0.0151. The standard InChI is InChI=1S/C27H33NO3/c1-3-18-15-16-22(17-25(18)31-2)28-27(30)21-13-11-20(12-14-21)24-10-6-8-19-7-4-5-9-23(19)26(24)29/h4-5,7,9,15-17,20-21,24H,3,6,8,10-14H2,1-2H3,(H,28,30). The summed E-state index contributed by atoms with van der Waals surface area (Å²) in [7, 11) is 1.66. The first-order valence-corrected chi connectivity index (χ1v) is 11.7. The van der Waals surface area contributed by atoms with E-state index in [-0.39, 0.29) is 17.7 Å². The quantitative estimate of drug-likeness (QED) is 0.620. The van der Waals surface area contributed by atoms with Gasteiger partial charge in [0, 0.05) is 29.2 Å². The van der Waals surface area contributed by atoms with Crippen LogP contribution in [0.3, 0.4) is 0 Å². The molecule has 1 fully saturated rings. The number of fused-ring (bicyclic) bond motifs is 1. The molecule has 2 aliphatic carbocycles. The summed E-state index contributed by atoms with van der Waals surface area (Å²) in [6.07, 6.45) is 7.55. The van der Waals surface area contributed by atoms with Gasteiger partial charge >= 0.3 is 0 Å². The molecule has 4 rings (SSSR count). The summed E-state index contributed by atoms with van der Waals surface area (Å²) in [6.45, 7) is 2.09. The summed E-state index contributed by atoms with van der Waals surface area (Å²) in [5.41, 5.74) is 4.05. The first-order valence-electron chi connectivity index (χ1n) is 11.7. The molecule has 0 heterocycles. The molecule has 4 nitrogen and oxygen atoms in total. The molecular formula is C27H33NO3. The van der Waals surface area contributed by atoms with Crippen LogP contribution in [0, 0.1) is 17.8 Å². The summed E-state index contributed by atoms with van der Waals surface area (Å²) in [6, 6.07) is 14.0. The van der Waals surface area contributed by atoms with Crippen LogP contribution >= 0.6 is 0 Å². The number of ketones is 1. The van der Waals surface area contributed by atoms with Crippen molar-refractivity contribution in [2.45, 2.75) is 58.3 Å². The van der Waals surface area contributed by atoms with Gasteiger partial charge in [-0.2, -0.15) is 0 Å². The fourth-order valence-electron chi connectivity index (χ4n) is 5.41. The van der Waals surface area contributed by atoms with Crippen molar-refractivity contribution in [3.63, 3.8) is 0 Å². The van der Waals surface area contributed by atoms with E-state index in [2.05, 4.69) is 18.3 Å². The van der Waals surface area contributed by atoms with E-state index in [1.165, 1.54) is 5.56 Å². The molecule has 0 aliphatic heterocycles. The molecule has 0 bridgehead atoms. The summed E-state index contributed by atoms with van der Waals surface area (Å²) in [5, 5.41) is 3.08. The topological polar surface area (TPSA) is 55.4 Å². The van der Waals surface area contributed by atoms with Gasteiger partial charge in [0.05, 0.1) is 7.11 Å². The Bertz CT molecular complexity index is 943. The van der Waals surface area contributed by atoms with Crippen LogP contribution in [0.1, 0.15) is 66.9 Å². The highest BCUT2D eigenvalue weighted by Crippen LogP contribution is 2.39. The van der Waals surface area contributed by atoms with Gasteiger partial charge in [-0.05, 0) is 74.5 Å². The Labute approximate surface area is 185 Å². The molecule has 1 N–H and O–H groups in total. The Morgan fingerprint density at radius 1 is 1.06 bits per heavy atom. The van der Waals surface area contributed by atoms with Crippen molar-refractivity contribution in [2.75, 3.05) is 12.4 Å². The van der Waals surface area contributed by atoms with Crippen molar-refractivity contribution in [1.82, 2.24) is 0 Å². The van der Waals surface area contributed by atoms with Gasteiger partial charge in [-0.25, -0.2) is 0 Å². The van der Waals surface area contributed by atoms with Crippen LogP contribution in [-0.2, 0) is 17.6 Å². The average molecular weight is 420 g/mol. The normalized spacial score (nSPS) is 23.5. The van der Waals surface area contributed by atoms with Crippen LogP contribution in [0.15, 0.2) is 42.5 Å². The Hall–Kier alpha value is -2.62. The van der Waals surface area contributed by atoms with Crippen LogP contribution < -0.4 is 10.1 Å². The summed E-state index contributed by atoms with van der Waals surface area (Å²) in [4.78, 5) is 26.1. The molecule has 1 unspecified atom stereocenters. The number of methoxy groups -OCH3 is 1. The number of benzene rings is 2. The van der Waals surface area contributed by atoms with Crippen LogP contribution in [0.25, 0.3) is 0 Å². The monoisotopic (exact) mass is 419 g/mol. The van der Waals surface area contributed by atoms with Crippen molar-refractivity contribution in [2.24, 2.45) is 17.8 Å². The lowest BCUT2D eigenvalue weighted by Gasteiger charge is -2.32. The second-order valence-corrected chi connectivity index (χ2v) is 9.00. The number of carbonyl (C=O) groups is 2. The van der Waals surface area contributed by atoms with Gasteiger partial charge in [0.2, 0.25) is 5.91 Å². The predicted octanol–water partition coefficient (Wildman–Crippen LogP) is 5.84. The van der Waals surface area contributed by atoms with Gasteiger partial charge in [0.1, 0.15) is 5.75 Å². The van der Waals surface area contributed by atoms with Crippen molar-refractivity contribution < 1.29 is 14.3 Å². The Kier molecular flexibility index (Phi) is 6.74. The third-order valence-corrected chi connectivity index (χ3v) is 7.23. The molecule has 1 amide bonds. The number of hydrogen-bond acceptors (Lipinski definition) is 3. The second kappa shape index (κ2) is 9.67. The molecule has 2 aromatic carbocycles. The molecule has 2 aromatic rings. The third-order valence-electron chi connectivity index (χ3n) is 7.23. The van der Waals surface area contributed by atoms with Gasteiger partial charge in [-0.15, -0.1) is 0 Å². The van der Waals surface area contributed by atoms with Crippen LogP contribution in [0.2, 0.25) is 0 Å². The number of ether oxygens (including phenoxy) is 1. The SMILES string of the molecule is CCc1ccc(NC(=O)C2CCC(C3CCCc4ccccc4C3=O)CC2)cc1OC. The van der Waals surface area contributed by atoms with Crippen molar-refractivity contribution >= 4 is 17.4 Å². The maximum atomic E-state index is 13.2. The molecule has 0 radical (unpaired) electrons. The molecule has 164 valence electrons. The fraction of sp³-hybridized carbons (Fsp3) is 0.481. The number of anilines is 1. The molecule has 0 aromatic heterocycles. The van der Waals surface area contributed by atoms with E-state index in [1.807, 2.05) is 36.4 Å². The number of aryl methyl sites for hydroxylation is 2. The van der Waals surface area contributed by atoms with Crippen LogP contribution in [0.4, 0.5) is 5.69 Å². The minimum Gasteiger partial charge on any atom is -0.496 e. The maximum absolute atomic E-state index is 13.2. The largest absolute Gasteiger partial charge is 0.496 e. The molecule has 31 heavy (non-hydrogen) atoms. The lowest BCUT2D eigenvalue weighted by atomic mass is 9.72. The van der Waals surface area contributed by atoms with E-state index in [1.54, 1.807) is 7.11 Å². The third kappa shape index (κ3) is 4.68. The van der Waals surface area contributed by atoms with E-state index < -0.39 is 0 Å². The van der Waals surface area contributed by atoms with E-state index in [0.717, 1.165) is 73.9 Å². The molecular weight excluding hydrogens is 386 g/mol. The first kappa shape index (κ1) is 21.6. The number of rotatable bonds is 5. The molecule has 2 aliphatic rings. The van der Waals surface area contributed by atoms with Crippen LogP contribution in [-0.4, -0.2) is 18.8 Å². The van der Waals surface area contributed by atoms with Gasteiger partial charge in [0.15, 0.2) is 5.78 Å². The number of Topliss-reactive ketones (excluding diaryl/α,β-unsaturated/α-hetero) is 1. The summed E-state index contributed by atoms with van der Waals surface area (Å²) < 4.78 is 5.45. The van der Waals surface area contributed by atoms with E-state index in [0.29, 0.717) is 11.7 Å². The number of nitrogens with one attached hydrogen (secondary N) is 1. The van der Waals surface area contributed by atoms with Crippen molar-refractivity contribution in [3.05, 3.63) is 59.2 Å². The zero-order valence-electron chi connectivity index (χ0n) is 18.7. The van der Waals surface area contributed by atoms with E-state index in [4.69, 9.17) is 4.74 Å². The smallest absolute Gasteiger partial charge is 0.227 e.